The first-order chi connectivity index (χ1) is 15.7. The highest BCUT2D eigenvalue weighted by Crippen LogP contribution is 2.37. The van der Waals surface area contributed by atoms with Crippen molar-refractivity contribution in [2.45, 2.75) is 38.5 Å². The average Bonchev–Trinajstić information content (AvgIpc) is 2.72. The first-order valence-electron chi connectivity index (χ1n) is 10.1. The number of halogens is 9. The highest BCUT2D eigenvalue weighted by atomic mass is 19.4. The highest BCUT2D eigenvalue weighted by molar-refractivity contribution is 5.55. The molecule has 0 saturated heterocycles. The molecule has 190 valence electrons. The maximum atomic E-state index is 13.2. The molecule has 0 spiro atoms. The highest BCUT2D eigenvalue weighted by Gasteiger charge is 2.37. The van der Waals surface area contributed by atoms with E-state index in [0.29, 0.717) is 37.5 Å². The van der Waals surface area contributed by atoms with Gasteiger partial charge in [-0.05, 0) is 54.4 Å². The summed E-state index contributed by atoms with van der Waals surface area (Å²) in [5, 5.41) is 2.67. The number of rotatable bonds is 9. The number of ether oxygens (including phenoxy) is 1. The third kappa shape index (κ3) is 7.52. The fourth-order valence-electron chi connectivity index (χ4n) is 3.33. The minimum absolute atomic E-state index is 0.0172. The van der Waals surface area contributed by atoms with Gasteiger partial charge in [0.15, 0.2) is 0 Å². The summed E-state index contributed by atoms with van der Waals surface area (Å²) < 4.78 is 123. The van der Waals surface area contributed by atoms with E-state index in [1.807, 2.05) is 0 Å². The van der Waals surface area contributed by atoms with Gasteiger partial charge in [0.2, 0.25) is 0 Å². The first kappa shape index (κ1) is 27.8. The molecule has 2 aromatic rings. The Morgan fingerprint density at radius 3 is 1.79 bits per heavy atom. The predicted molar refractivity (Wildman–Crippen MR) is 108 cm³/mol. The van der Waals surface area contributed by atoms with Crippen LogP contribution in [-0.4, -0.2) is 26.8 Å². The Balaban J connectivity index is 2.33. The number of nitrogens with one attached hydrogen (secondary N) is 1. The molecule has 0 heterocycles. The van der Waals surface area contributed by atoms with Gasteiger partial charge in [-0.25, -0.2) is 0 Å². The number of likely N-dealkylation sites (N-methyl/N-ethyl adjacent to an activating group) is 1. The van der Waals surface area contributed by atoms with E-state index in [1.54, 1.807) is 11.8 Å². The number of benzene rings is 2. The topological polar surface area (TPSA) is 24.5 Å². The Bertz CT molecular complexity index is 921. The standard InChI is InChI=1S/C22H23F9N2O/c1-3-33(6-7-34-2)19-5-4-16(20(23,24)25)10-15(19)13-32-12-14-8-17(21(26,27)28)11-18(9-14)22(29,30)31/h4-5,8-11,32H,3,6-7,12-13H2,1-2H3. The summed E-state index contributed by atoms with van der Waals surface area (Å²) in [4.78, 5) is 1.76. The molecule has 0 bridgehead atoms. The minimum Gasteiger partial charge on any atom is -0.383 e. The van der Waals surface area contributed by atoms with Crippen LogP contribution in [0.2, 0.25) is 0 Å². The van der Waals surface area contributed by atoms with Crippen molar-refractivity contribution in [3.05, 3.63) is 64.2 Å². The molecule has 0 fully saturated rings. The maximum absolute atomic E-state index is 13.2. The lowest BCUT2D eigenvalue weighted by Gasteiger charge is -2.26. The fraction of sp³-hybridized carbons (Fsp3) is 0.455. The van der Waals surface area contributed by atoms with E-state index in [4.69, 9.17) is 4.74 Å². The lowest BCUT2D eigenvalue weighted by atomic mass is 10.0. The molecular formula is C22H23F9N2O. The molecule has 2 aromatic carbocycles. The molecule has 0 saturated carbocycles. The smallest absolute Gasteiger partial charge is 0.383 e. The summed E-state index contributed by atoms with van der Waals surface area (Å²) >= 11 is 0. The third-order valence-corrected chi connectivity index (χ3v) is 4.99. The van der Waals surface area contributed by atoms with Gasteiger partial charge >= 0.3 is 18.5 Å². The second-order valence-electron chi connectivity index (χ2n) is 7.43. The van der Waals surface area contributed by atoms with Crippen LogP contribution in [0.1, 0.15) is 34.7 Å². The molecule has 34 heavy (non-hydrogen) atoms. The summed E-state index contributed by atoms with van der Waals surface area (Å²) in [7, 11) is 1.47. The second-order valence-corrected chi connectivity index (χ2v) is 7.43. The number of hydrogen-bond acceptors (Lipinski definition) is 3. The Morgan fingerprint density at radius 2 is 1.32 bits per heavy atom. The maximum Gasteiger partial charge on any atom is 0.416 e. The van der Waals surface area contributed by atoms with Crippen molar-refractivity contribution in [2.24, 2.45) is 0 Å². The van der Waals surface area contributed by atoms with Crippen LogP contribution < -0.4 is 10.2 Å². The van der Waals surface area contributed by atoms with Crippen LogP contribution in [0.5, 0.6) is 0 Å². The monoisotopic (exact) mass is 502 g/mol. The Labute approximate surface area is 190 Å². The van der Waals surface area contributed by atoms with Gasteiger partial charge in [-0.2, -0.15) is 39.5 Å². The summed E-state index contributed by atoms with van der Waals surface area (Å²) in [6.45, 7) is 2.24. The van der Waals surface area contributed by atoms with E-state index in [0.717, 1.165) is 12.1 Å². The largest absolute Gasteiger partial charge is 0.416 e. The summed E-state index contributed by atoms with van der Waals surface area (Å²) in [6.07, 6.45) is -14.6. The van der Waals surface area contributed by atoms with Gasteiger partial charge in [-0.1, -0.05) is 0 Å². The van der Waals surface area contributed by atoms with Crippen LogP contribution in [0, 0.1) is 0 Å². The zero-order chi connectivity index (χ0) is 25.7. The van der Waals surface area contributed by atoms with E-state index < -0.39 is 41.8 Å². The molecule has 0 aliphatic carbocycles. The molecule has 12 heteroatoms. The number of hydrogen-bond donors (Lipinski definition) is 1. The van der Waals surface area contributed by atoms with Crippen molar-refractivity contribution >= 4 is 5.69 Å². The fourth-order valence-corrected chi connectivity index (χ4v) is 3.33. The van der Waals surface area contributed by atoms with Gasteiger partial charge in [-0.3, -0.25) is 0 Å². The van der Waals surface area contributed by atoms with Crippen LogP contribution >= 0.6 is 0 Å². The molecule has 0 unspecified atom stereocenters. The van der Waals surface area contributed by atoms with Crippen molar-refractivity contribution < 1.29 is 44.3 Å². The van der Waals surface area contributed by atoms with E-state index >= 15 is 0 Å². The summed E-state index contributed by atoms with van der Waals surface area (Å²) in [6, 6.07) is 4.27. The molecule has 0 aliphatic rings. The third-order valence-electron chi connectivity index (χ3n) is 4.99. The zero-order valence-corrected chi connectivity index (χ0v) is 18.3. The lowest BCUT2D eigenvalue weighted by molar-refractivity contribution is -0.143. The normalized spacial score (nSPS) is 12.8. The molecule has 0 radical (unpaired) electrons. The van der Waals surface area contributed by atoms with Crippen LogP contribution in [0.25, 0.3) is 0 Å². The molecule has 0 aliphatic heterocycles. The van der Waals surface area contributed by atoms with Crippen LogP contribution in [-0.2, 0) is 36.4 Å². The van der Waals surface area contributed by atoms with Crippen molar-refractivity contribution in [1.82, 2.24) is 5.32 Å². The predicted octanol–water partition coefficient (Wildman–Crippen LogP) is 6.51. The Kier molecular flexibility index (Phi) is 8.86. The van der Waals surface area contributed by atoms with Crippen LogP contribution in [0.4, 0.5) is 45.2 Å². The van der Waals surface area contributed by atoms with Crippen molar-refractivity contribution in [3.63, 3.8) is 0 Å². The van der Waals surface area contributed by atoms with E-state index in [-0.39, 0.29) is 23.7 Å². The number of methoxy groups -OCH3 is 1. The minimum atomic E-state index is -4.99. The number of nitrogens with zero attached hydrogens (tertiary/aromatic N) is 1. The van der Waals surface area contributed by atoms with Gasteiger partial charge < -0.3 is 15.0 Å². The van der Waals surface area contributed by atoms with Crippen LogP contribution in [0.15, 0.2) is 36.4 Å². The van der Waals surface area contributed by atoms with Gasteiger partial charge in [0, 0.05) is 39.0 Å². The van der Waals surface area contributed by atoms with Crippen LogP contribution in [0.3, 0.4) is 0 Å². The summed E-state index contributed by atoms with van der Waals surface area (Å²) in [5.41, 5.74) is -3.52. The Morgan fingerprint density at radius 1 is 0.765 bits per heavy atom. The van der Waals surface area contributed by atoms with Crippen molar-refractivity contribution in [2.75, 3.05) is 31.7 Å². The molecular weight excluding hydrogens is 479 g/mol. The average molecular weight is 502 g/mol. The lowest BCUT2D eigenvalue weighted by Crippen LogP contribution is -2.29. The van der Waals surface area contributed by atoms with Gasteiger partial charge in [0.1, 0.15) is 0 Å². The first-order valence-corrected chi connectivity index (χ1v) is 10.1. The zero-order valence-electron chi connectivity index (χ0n) is 18.3. The second kappa shape index (κ2) is 10.9. The quantitative estimate of drug-likeness (QED) is 0.396. The molecule has 0 amide bonds. The van der Waals surface area contributed by atoms with E-state index in [9.17, 15) is 39.5 Å². The van der Waals surface area contributed by atoms with Gasteiger partial charge in [-0.15, -0.1) is 0 Å². The molecule has 3 nitrogen and oxygen atoms in total. The van der Waals surface area contributed by atoms with Crippen molar-refractivity contribution in [3.8, 4) is 0 Å². The van der Waals surface area contributed by atoms with Gasteiger partial charge in [0.05, 0.1) is 23.3 Å². The SMILES string of the molecule is CCN(CCOC)c1ccc(C(F)(F)F)cc1CNCc1cc(C(F)(F)F)cc(C(F)(F)F)c1. The molecule has 0 aromatic heterocycles. The van der Waals surface area contributed by atoms with E-state index in [1.165, 1.54) is 13.2 Å². The molecule has 0 atom stereocenters. The number of alkyl halides is 9. The molecule has 1 N–H and O–H groups in total. The number of anilines is 1. The summed E-state index contributed by atoms with van der Waals surface area (Å²) in [5.74, 6) is 0. The van der Waals surface area contributed by atoms with E-state index in [2.05, 4.69) is 5.32 Å². The Hall–Kier alpha value is -2.47. The van der Waals surface area contributed by atoms with Gasteiger partial charge in [0.25, 0.3) is 0 Å². The molecule has 2 rings (SSSR count). The van der Waals surface area contributed by atoms with Crippen molar-refractivity contribution in [1.29, 1.82) is 0 Å².